The molecule has 1 rings (SSSR count). The fourth-order valence-corrected chi connectivity index (χ4v) is 1.46. The van der Waals surface area contributed by atoms with Crippen molar-refractivity contribution < 1.29 is 0 Å². The lowest BCUT2D eigenvalue weighted by atomic mass is 10.1. The predicted octanol–water partition coefficient (Wildman–Crippen LogP) is 1.86. The molecule has 1 aromatic rings. The van der Waals surface area contributed by atoms with Gasteiger partial charge >= 0.3 is 0 Å². The monoisotopic (exact) mass is 244 g/mol. The number of aromatic nitrogens is 2. The van der Waals surface area contributed by atoms with E-state index >= 15 is 0 Å². The second kappa shape index (κ2) is 5.60. The largest absolute Gasteiger partial charge is 0.325 e. The van der Waals surface area contributed by atoms with E-state index in [1.54, 1.807) is 0 Å². The molecule has 0 radical (unpaired) electrons. The molecule has 0 unspecified atom stereocenters. The van der Waals surface area contributed by atoms with Gasteiger partial charge in [0.2, 0.25) is 5.62 Å². The number of hydrogen-bond acceptors (Lipinski definition) is 3. The summed E-state index contributed by atoms with van der Waals surface area (Å²) >= 11 is 0. The molecule has 0 aliphatic carbocycles. The zero-order chi connectivity index (χ0) is 13.9. The Kier molecular flexibility index (Phi) is 4.39. The van der Waals surface area contributed by atoms with E-state index in [0.29, 0.717) is 17.9 Å². The van der Waals surface area contributed by atoms with Crippen molar-refractivity contribution in [2.45, 2.75) is 13.8 Å². The number of hydrogen-bond donors (Lipinski definition) is 1. The summed E-state index contributed by atoms with van der Waals surface area (Å²) in [6.45, 7) is 15.8. The summed E-state index contributed by atoms with van der Waals surface area (Å²) < 4.78 is 1.87. The van der Waals surface area contributed by atoms with Crippen molar-refractivity contribution in [3.05, 3.63) is 48.5 Å². The third-order valence-corrected chi connectivity index (χ3v) is 2.52. The Morgan fingerprint density at radius 2 is 1.94 bits per heavy atom. The molecular formula is C14H20N4. The Labute approximate surface area is 108 Å². The second-order valence-corrected chi connectivity index (χ2v) is 4.33. The highest BCUT2D eigenvalue weighted by atomic mass is 15.1. The van der Waals surface area contributed by atoms with Crippen molar-refractivity contribution >= 4 is 11.1 Å². The molecule has 4 nitrogen and oxygen atoms in total. The molecule has 0 fully saturated rings. The minimum atomic E-state index is 0.307. The Morgan fingerprint density at radius 1 is 1.33 bits per heavy atom. The van der Waals surface area contributed by atoms with Gasteiger partial charge in [-0.15, -0.1) is 0 Å². The van der Waals surface area contributed by atoms with Crippen LogP contribution in [-0.4, -0.2) is 16.1 Å². The molecule has 0 spiro atoms. The topological polar surface area (TPSA) is 56.2 Å². The van der Waals surface area contributed by atoms with Crippen LogP contribution in [0.2, 0.25) is 0 Å². The van der Waals surface area contributed by atoms with Crippen LogP contribution in [-0.2, 0) is 7.05 Å². The lowest BCUT2D eigenvalue weighted by Gasteiger charge is -2.11. The standard InChI is InChI=1S/C14H20N4/c1-9(2)12-7-13(10(3)4)18(6)14(17-12)16-11(5)8-15/h7H,1,3,5,8,15H2,2,4,6H3. The third-order valence-electron chi connectivity index (χ3n) is 2.52. The van der Waals surface area contributed by atoms with Gasteiger partial charge in [-0.05, 0) is 31.1 Å². The summed E-state index contributed by atoms with van der Waals surface area (Å²) in [4.78, 5) is 8.76. The van der Waals surface area contributed by atoms with Crippen molar-refractivity contribution in [1.82, 2.24) is 9.55 Å². The van der Waals surface area contributed by atoms with Gasteiger partial charge in [-0.2, -0.15) is 0 Å². The summed E-state index contributed by atoms with van der Waals surface area (Å²) in [5, 5.41) is 0. The smallest absolute Gasteiger partial charge is 0.230 e. The quantitative estimate of drug-likeness (QED) is 0.879. The fourth-order valence-electron chi connectivity index (χ4n) is 1.46. The first-order chi connectivity index (χ1) is 8.36. The number of rotatable bonds is 4. The minimum absolute atomic E-state index is 0.307. The van der Waals surface area contributed by atoms with Gasteiger partial charge in [0.25, 0.3) is 0 Å². The number of allylic oxidation sites excluding steroid dienone is 2. The SMILES string of the molecule is C=C(CN)N=c1nc(C(=C)C)cc(C(=C)C)n1C. The summed E-state index contributed by atoms with van der Waals surface area (Å²) in [6.07, 6.45) is 0. The maximum Gasteiger partial charge on any atom is 0.230 e. The lowest BCUT2D eigenvalue weighted by molar-refractivity contribution is 0.755. The van der Waals surface area contributed by atoms with Crippen molar-refractivity contribution in [3.8, 4) is 0 Å². The molecule has 18 heavy (non-hydrogen) atoms. The van der Waals surface area contributed by atoms with Gasteiger partial charge in [-0.25, -0.2) is 9.98 Å². The maximum atomic E-state index is 5.50. The summed E-state index contributed by atoms with van der Waals surface area (Å²) in [5.41, 5.74) is 10.2. The zero-order valence-corrected chi connectivity index (χ0v) is 11.3. The predicted molar refractivity (Wildman–Crippen MR) is 76.4 cm³/mol. The van der Waals surface area contributed by atoms with Gasteiger partial charge in [0.05, 0.1) is 11.4 Å². The first-order valence-corrected chi connectivity index (χ1v) is 5.69. The van der Waals surface area contributed by atoms with Crippen molar-refractivity contribution in [2.75, 3.05) is 6.54 Å². The van der Waals surface area contributed by atoms with E-state index in [1.807, 2.05) is 31.5 Å². The Balaban J connectivity index is 3.60. The average Bonchev–Trinajstić information content (AvgIpc) is 2.30. The van der Waals surface area contributed by atoms with Gasteiger partial charge in [0.15, 0.2) is 0 Å². The molecule has 0 saturated heterocycles. The van der Waals surface area contributed by atoms with Crippen molar-refractivity contribution in [3.63, 3.8) is 0 Å². The van der Waals surface area contributed by atoms with Crippen LogP contribution >= 0.6 is 0 Å². The van der Waals surface area contributed by atoms with Gasteiger partial charge in [0.1, 0.15) is 0 Å². The average molecular weight is 244 g/mol. The molecule has 96 valence electrons. The van der Waals surface area contributed by atoms with E-state index in [2.05, 4.69) is 29.7 Å². The van der Waals surface area contributed by atoms with E-state index in [9.17, 15) is 0 Å². The molecule has 2 N–H and O–H groups in total. The first kappa shape index (κ1) is 14.1. The van der Waals surface area contributed by atoms with Crippen LogP contribution in [0.3, 0.4) is 0 Å². The van der Waals surface area contributed by atoms with Crippen LogP contribution in [0, 0.1) is 0 Å². The van der Waals surface area contributed by atoms with Crippen LogP contribution < -0.4 is 11.4 Å². The second-order valence-electron chi connectivity index (χ2n) is 4.33. The van der Waals surface area contributed by atoms with Crippen LogP contribution in [0.1, 0.15) is 25.2 Å². The molecule has 1 heterocycles. The lowest BCUT2D eigenvalue weighted by Crippen LogP contribution is -2.26. The highest BCUT2D eigenvalue weighted by molar-refractivity contribution is 5.64. The molecule has 1 aromatic heterocycles. The highest BCUT2D eigenvalue weighted by Crippen LogP contribution is 2.13. The molecule has 0 bridgehead atoms. The normalized spacial score (nSPS) is 11.4. The molecular weight excluding hydrogens is 224 g/mol. The van der Waals surface area contributed by atoms with Crippen molar-refractivity contribution in [1.29, 1.82) is 0 Å². The molecule has 0 amide bonds. The molecule has 0 aliphatic rings. The van der Waals surface area contributed by atoms with E-state index < -0.39 is 0 Å². The van der Waals surface area contributed by atoms with E-state index in [1.165, 1.54) is 0 Å². The minimum Gasteiger partial charge on any atom is -0.325 e. The summed E-state index contributed by atoms with van der Waals surface area (Å²) in [7, 11) is 1.89. The summed E-state index contributed by atoms with van der Waals surface area (Å²) in [5.74, 6) is 0. The Hall–Kier alpha value is -1.94. The van der Waals surface area contributed by atoms with Gasteiger partial charge in [-0.1, -0.05) is 19.7 Å². The third kappa shape index (κ3) is 3.05. The Bertz CT molecular complexity index is 576. The first-order valence-electron chi connectivity index (χ1n) is 5.69. The van der Waals surface area contributed by atoms with E-state index in [0.717, 1.165) is 22.5 Å². The molecule has 0 saturated carbocycles. The number of nitrogens with zero attached hydrogens (tertiary/aromatic N) is 3. The van der Waals surface area contributed by atoms with Crippen LogP contribution in [0.15, 0.2) is 36.5 Å². The van der Waals surface area contributed by atoms with Gasteiger partial charge in [-0.3, -0.25) is 0 Å². The molecule has 0 atom stereocenters. The van der Waals surface area contributed by atoms with Gasteiger partial charge < -0.3 is 10.3 Å². The van der Waals surface area contributed by atoms with Crippen LogP contribution in [0.4, 0.5) is 0 Å². The summed E-state index contributed by atoms with van der Waals surface area (Å²) in [6, 6.07) is 1.95. The number of nitrogens with two attached hydrogens (primary N) is 1. The molecule has 4 heteroatoms. The zero-order valence-electron chi connectivity index (χ0n) is 11.3. The van der Waals surface area contributed by atoms with Crippen molar-refractivity contribution in [2.24, 2.45) is 17.8 Å². The maximum absolute atomic E-state index is 5.50. The van der Waals surface area contributed by atoms with E-state index in [4.69, 9.17) is 5.73 Å². The fraction of sp³-hybridized carbons (Fsp3) is 0.286. The van der Waals surface area contributed by atoms with Crippen LogP contribution in [0.5, 0.6) is 0 Å². The highest BCUT2D eigenvalue weighted by Gasteiger charge is 2.05. The van der Waals surface area contributed by atoms with Crippen LogP contribution in [0.25, 0.3) is 11.1 Å². The molecule has 0 aromatic carbocycles. The van der Waals surface area contributed by atoms with E-state index in [-0.39, 0.29) is 0 Å². The molecule has 0 aliphatic heterocycles. The van der Waals surface area contributed by atoms with Gasteiger partial charge in [0, 0.05) is 19.3 Å². The Morgan fingerprint density at radius 3 is 2.39 bits per heavy atom.